The van der Waals surface area contributed by atoms with Crippen molar-refractivity contribution in [2.75, 3.05) is 31.1 Å². The smallest absolute Gasteiger partial charge is 0.394 e. The fourth-order valence-electron chi connectivity index (χ4n) is 4.10. The molecule has 1 saturated heterocycles. The molecule has 1 N–H and O–H groups in total. The minimum absolute atomic E-state index is 0.0246. The number of aliphatic hydroxyl groups excluding tert-OH is 1. The van der Waals surface area contributed by atoms with Crippen molar-refractivity contribution in [3.8, 4) is 11.3 Å². The van der Waals surface area contributed by atoms with Gasteiger partial charge in [0.1, 0.15) is 23.6 Å². The van der Waals surface area contributed by atoms with Crippen LogP contribution >= 0.6 is 11.3 Å². The molecule has 17 heteroatoms. The predicted octanol–water partition coefficient (Wildman–Crippen LogP) is 2.82. The lowest BCUT2D eigenvalue weighted by molar-refractivity contribution is -0.145. The molecule has 0 bridgehead atoms. The van der Waals surface area contributed by atoms with Gasteiger partial charge in [-0.15, -0.1) is 0 Å². The van der Waals surface area contributed by atoms with Crippen molar-refractivity contribution in [2.24, 2.45) is 0 Å². The number of aliphatic hydroxyl groups is 1. The third-order valence-electron chi connectivity index (χ3n) is 6.13. The van der Waals surface area contributed by atoms with Gasteiger partial charge < -0.3 is 14.9 Å². The van der Waals surface area contributed by atoms with Crippen LogP contribution in [0, 0.1) is 0 Å². The van der Waals surface area contributed by atoms with E-state index in [4.69, 9.17) is 0 Å². The summed E-state index contributed by atoms with van der Waals surface area (Å²) in [6.07, 6.45) is -4.61. The average Bonchev–Trinajstić information content (AvgIpc) is 3.43. The molecular formula is C21H20F6N8O2S. The number of rotatable bonds is 6. The zero-order valence-corrected chi connectivity index (χ0v) is 20.3. The molecule has 1 amide bonds. The van der Waals surface area contributed by atoms with E-state index in [1.807, 2.05) is 0 Å². The van der Waals surface area contributed by atoms with E-state index in [1.54, 1.807) is 0 Å². The van der Waals surface area contributed by atoms with Gasteiger partial charge in [-0.05, 0) is 12.8 Å². The van der Waals surface area contributed by atoms with E-state index in [0.29, 0.717) is 23.1 Å². The molecule has 3 aromatic heterocycles. The number of carbonyl (C=O) groups is 1. The molecule has 0 spiro atoms. The Morgan fingerprint density at radius 3 is 2.37 bits per heavy atom. The average molecular weight is 562 g/mol. The Bertz CT molecular complexity index is 1300. The first-order valence-electron chi connectivity index (χ1n) is 11.5. The number of piperazine rings is 1. The van der Waals surface area contributed by atoms with E-state index in [9.17, 15) is 36.2 Å². The molecule has 204 valence electrons. The van der Waals surface area contributed by atoms with E-state index in [0.717, 1.165) is 25.2 Å². The van der Waals surface area contributed by atoms with Gasteiger partial charge in [-0.2, -0.15) is 31.4 Å². The largest absolute Gasteiger partial charge is 0.451 e. The summed E-state index contributed by atoms with van der Waals surface area (Å²) >= 11 is 0.318. The van der Waals surface area contributed by atoms with Crippen LogP contribution in [0.5, 0.6) is 0 Å². The summed E-state index contributed by atoms with van der Waals surface area (Å²) < 4.78 is 80.5. The Morgan fingerprint density at radius 2 is 1.76 bits per heavy atom. The lowest BCUT2D eigenvalue weighted by Gasteiger charge is -2.41. The molecule has 10 nitrogen and oxygen atoms in total. The fourth-order valence-corrected chi connectivity index (χ4v) is 5.09. The lowest BCUT2D eigenvalue weighted by atomic mass is 10.1. The van der Waals surface area contributed by atoms with E-state index < -0.39 is 35.8 Å². The van der Waals surface area contributed by atoms with Crippen LogP contribution in [-0.4, -0.2) is 77.9 Å². The van der Waals surface area contributed by atoms with Crippen molar-refractivity contribution in [3.63, 3.8) is 0 Å². The molecule has 5 rings (SSSR count). The number of halogens is 6. The third kappa shape index (κ3) is 5.43. The van der Waals surface area contributed by atoms with E-state index in [2.05, 4.69) is 25.0 Å². The van der Waals surface area contributed by atoms with Crippen LogP contribution in [0.2, 0.25) is 0 Å². The summed E-state index contributed by atoms with van der Waals surface area (Å²) in [6, 6.07) is -0.754. The molecule has 2 fully saturated rings. The predicted molar refractivity (Wildman–Crippen MR) is 120 cm³/mol. The highest BCUT2D eigenvalue weighted by Crippen LogP contribution is 2.43. The number of thiazole rings is 1. The van der Waals surface area contributed by atoms with Gasteiger partial charge in [0.2, 0.25) is 16.7 Å². The summed E-state index contributed by atoms with van der Waals surface area (Å²) in [5.74, 6) is -0.789. The van der Waals surface area contributed by atoms with Crippen molar-refractivity contribution in [1.82, 2.24) is 34.6 Å². The molecule has 38 heavy (non-hydrogen) atoms. The first-order valence-corrected chi connectivity index (χ1v) is 12.3. The van der Waals surface area contributed by atoms with E-state index in [1.165, 1.54) is 20.8 Å². The van der Waals surface area contributed by atoms with Crippen molar-refractivity contribution in [1.29, 1.82) is 0 Å². The summed E-state index contributed by atoms with van der Waals surface area (Å²) in [5, 5.41) is 13.1. The monoisotopic (exact) mass is 562 g/mol. The maximum Gasteiger partial charge on any atom is 0.451 e. The summed E-state index contributed by atoms with van der Waals surface area (Å²) in [5.41, 5.74) is -0.362. The highest BCUT2D eigenvalue weighted by Gasteiger charge is 2.40. The van der Waals surface area contributed by atoms with Gasteiger partial charge in [-0.1, -0.05) is 11.3 Å². The molecule has 0 radical (unpaired) electrons. The highest BCUT2D eigenvalue weighted by atomic mass is 32.1. The summed E-state index contributed by atoms with van der Waals surface area (Å²) in [7, 11) is 0. The number of nitrogens with zero attached hydrogens (tertiary/aromatic N) is 8. The minimum atomic E-state index is -4.82. The maximum atomic E-state index is 13.5. The fraction of sp³-hybridized carbons (Fsp3) is 0.524. The van der Waals surface area contributed by atoms with Gasteiger partial charge in [0.05, 0.1) is 12.6 Å². The topological polar surface area (TPSA) is 113 Å². The molecule has 0 unspecified atom stereocenters. The summed E-state index contributed by atoms with van der Waals surface area (Å²) in [4.78, 5) is 30.2. The molecule has 1 saturated carbocycles. The van der Waals surface area contributed by atoms with Crippen molar-refractivity contribution < 1.29 is 36.2 Å². The Hall–Kier alpha value is -3.34. The van der Waals surface area contributed by atoms with Crippen LogP contribution in [0.25, 0.3) is 11.3 Å². The van der Waals surface area contributed by atoms with E-state index in [-0.39, 0.29) is 48.3 Å². The first-order chi connectivity index (χ1) is 17.9. The normalized spacial score (nSPS) is 18.8. The van der Waals surface area contributed by atoms with Crippen LogP contribution in [0.3, 0.4) is 0 Å². The van der Waals surface area contributed by atoms with Crippen molar-refractivity contribution >= 4 is 22.2 Å². The number of alkyl halides is 6. The van der Waals surface area contributed by atoms with E-state index >= 15 is 0 Å². The molecule has 1 aliphatic heterocycles. The van der Waals surface area contributed by atoms with Gasteiger partial charge in [0.25, 0.3) is 0 Å². The van der Waals surface area contributed by atoms with Gasteiger partial charge in [-0.25, -0.2) is 24.6 Å². The lowest BCUT2D eigenvalue weighted by Crippen LogP contribution is -2.57. The Kier molecular flexibility index (Phi) is 6.75. The van der Waals surface area contributed by atoms with Crippen LogP contribution < -0.4 is 4.90 Å². The number of carbonyl (C=O) groups excluding carboxylic acids is 1. The number of aromatic nitrogens is 6. The second kappa shape index (κ2) is 9.76. The molecule has 3 aromatic rings. The van der Waals surface area contributed by atoms with Gasteiger partial charge in [0.15, 0.2) is 5.82 Å². The quantitative estimate of drug-likeness (QED) is 0.457. The van der Waals surface area contributed by atoms with Crippen LogP contribution in [0.15, 0.2) is 18.7 Å². The van der Waals surface area contributed by atoms with Crippen LogP contribution in [0.1, 0.15) is 35.4 Å². The number of amides is 1. The number of hydrogen-bond donors (Lipinski definition) is 1. The highest BCUT2D eigenvalue weighted by molar-refractivity contribution is 7.16. The van der Waals surface area contributed by atoms with Crippen LogP contribution in [0.4, 0.5) is 31.3 Å². The van der Waals surface area contributed by atoms with Gasteiger partial charge in [0, 0.05) is 43.5 Å². The zero-order valence-electron chi connectivity index (χ0n) is 19.4. The summed E-state index contributed by atoms with van der Waals surface area (Å²) in [6.45, 7) is -0.419. The van der Waals surface area contributed by atoms with Crippen molar-refractivity contribution in [2.45, 2.75) is 43.7 Å². The Balaban J connectivity index is 1.36. The van der Waals surface area contributed by atoms with Gasteiger partial charge in [-0.3, -0.25) is 4.79 Å². The standard InChI is InChI=1S/C21H20F6N8O2S/c22-20(23,24)18-28-5-12(6-29-18)15-17(38-19(31-15)21(25,26)27)33-3-4-35(13(7-33)9-36)14(37)8-34-10-30-16(32-34)11-1-2-11/h5-6,10-11,13,36H,1-4,7-9H2/t13-/m0/s1. The molecular weight excluding hydrogens is 542 g/mol. The molecule has 1 atom stereocenters. The molecule has 1 aliphatic carbocycles. The molecule has 0 aromatic carbocycles. The second-order valence-corrected chi connectivity index (χ2v) is 9.89. The molecule has 4 heterocycles. The minimum Gasteiger partial charge on any atom is -0.394 e. The maximum absolute atomic E-state index is 13.5. The Morgan fingerprint density at radius 1 is 1.05 bits per heavy atom. The SMILES string of the molecule is O=C(Cn1cnc(C2CC2)n1)N1CCN(c2sc(C(F)(F)F)nc2-c2cnc(C(F)(F)F)nc2)C[C@H]1CO. The zero-order chi connectivity index (χ0) is 27.2. The van der Waals surface area contributed by atoms with Gasteiger partial charge >= 0.3 is 12.4 Å². The van der Waals surface area contributed by atoms with Crippen LogP contribution in [-0.2, 0) is 23.7 Å². The number of anilines is 1. The Labute approximate surface area is 215 Å². The first kappa shape index (κ1) is 26.3. The second-order valence-electron chi connectivity index (χ2n) is 8.91. The van der Waals surface area contributed by atoms with Crippen molar-refractivity contribution in [3.05, 3.63) is 35.4 Å². The third-order valence-corrected chi connectivity index (χ3v) is 7.29. The number of hydrogen-bond acceptors (Lipinski definition) is 9. The molecule has 2 aliphatic rings.